The Hall–Kier alpha value is -2.44. The maximum atomic E-state index is 12.3. The predicted octanol–water partition coefficient (Wildman–Crippen LogP) is 2.77. The third kappa shape index (κ3) is 5.01. The van der Waals surface area contributed by atoms with E-state index in [1.165, 1.54) is 25.7 Å². The topological polar surface area (TPSA) is 81.9 Å². The third-order valence-electron chi connectivity index (χ3n) is 4.46. The Morgan fingerprint density at radius 3 is 2.88 bits per heavy atom. The molecule has 1 fully saturated rings. The van der Waals surface area contributed by atoms with Crippen LogP contribution in [0.1, 0.15) is 62.0 Å². The lowest BCUT2D eigenvalue weighted by Crippen LogP contribution is -2.33. The molecule has 0 aliphatic heterocycles. The Morgan fingerprint density at radius 2 is 2.16 bits per heavy atom. The van der Waals surface area contributed by atoms with Crippen molar-refractivity contribution in [3.8, 4) is 5.75 Å². The van der Waals surface area contributed by atoms with Crippen molar-refractivity contribution in [1.29, 1.82) is 0 Å². The molecule has 2 aromatic heterocycles. The van der Waals surface area contributed by atoms with Gasteiger partial charge in [0.25, 0.3) is 5.91 Å². The van der Waals surface area contributed by atoms with Gasteiger partial charge in [-0.15, -0.1) is 5.10 Å². The molecule has 1 amide bonds. The summed E-state index contributed by atoms with van der Waals surface area (Å²) in [4.78, 5) is 16.3. The second kappa shape index (κ2) is 8.60. The third-order valence-corrected chi connectivity index (χ3v) is 4.46. The number of nitrogens with zero attached hydrogens (tertiary/aromatic N) is 4. The fraction of sp³-hybridized carbons (Fsp3) is 0.556. The molecule has 1 atom stereocenters. The lowest BCUT2D eigenvalue weighted by Gasteiger charge is -2.14. The van der Waals surface area contributed by atoms with E-state index >= 15 is 0 Å². The number of hydrogen-bond donors (Lipinski definition) is 1. The minimum atomic E-state index is -0.221. The Bertz CT molecular complexity index is 665. The molecule has 1 aliphatic carbocycles. The highest BCUT2D eigenvalue weighted by Gasteiger charge is 2.18. The van der Waals surface area contributed by atoms with E-state index in [1.807, 2.05) is 23.7 Å². The van der Waals surface area contributed by atoms with Crippen LogP contribution in [0.4, 0.5) is 0 Å². The van der Waals surface area contributed by atoms with E-state index in [9.17, 15) is 4.79 Å². The molecule has 7 heteroatoms. The van der Waals surface area contributed by atoms with Crippen molar-refractivity contribution in [2.45, 2.75) is 57.6 Å². The standard InChI is InChI=1S/C18H25N5O2/c1-14(25-16-9-6-10-19-12-16)11-20-18(24)17-13-23(22-21-17)15-7-4-2-3-5-8-15/h6,9-10,12-15H,2-5,7-8,11H2,1H3,(H,20,24)/t14-/m1/s1. The zero-order chi connectivity index (χ0) is 17.5. The van der Waals surface area contributed by atoms with Gasteiger partial charge in [-0.1, -0.05) is 30.9 Å². The van der Waals surface area contributed by atoms with E-state index in [0.29, 0.717) is 24.0 Å². The van der Waals surface area contributed by atoms with E-state index in [1.54, 1.807) is 18.6 Å². The number of carbonyl (C=O) groups is 1. The molecule has 7 nitrogen and oxygen atoms in total. The highest BCUT2D eigenvalue weighted by molar-refractivity contribution is 5.91. The number of rotatable bonds is 6. The number of pyridine rings is 1. The van der Waals surface area contributed by atoms with Crippen molar-refractivity contribution in [2.75, 3.05) is 6.54 Å². The van der Waals surface area contributed by atoms with Gasteiger partial charge in [0, 0.05) is 6.20 Å². The van der Waals surface area contributed by atoms with Gasteiger partial charge in [-0.05, 0) is 31.9 Å². The van der Waals surface area contributed by atoms with Crippen LogP contribution in [0.25, 0.3) is 0 Å². The molecule has 0 saturated heterocycles. The van der Waals surface area contributed by atoms with Crippen molar-refractivity contribution >= 4 is 5.91 Å². The van der Waals surface area contributed by atoms with Crippen molar-refractivity contribution in [2.24, 2.45) is 0 Å². The van der Waals surface area contributed by atoms with Gasteiger partial charge in [0.2, 0.25) is 0 Å². The van der Waals surface area contributed by atoms with Crippen LogP contribution in [0, 0.1) is 0 Å². The van der Waals surface area contributed by atoms with Crippen molar-refractivity contribution < 1.29 is 9.53 Å². The lowest BCUT2D eigenvalue weighted by molar-refractivity contribution is 0.0927. The lowest BCUT2D eigenvalue weighted by atomic mass is 10.1. The van der Waals surface area contributed by atoms with Crippen LogP contribution >= 0.6 is 0 Å². The van der Waals surface area contributed by atoms with Gasteiger partial charge in [-0.2, -0.15) is 0 Å². The van der Waals surface area contributed by atoms with Gasteiger partial charge in [-0.25, -0.2) is 4.68 Å². The second-order valence-electron chi connectivity index (χ2n) is 6.56. The molecule has 134 valence electrons. The molecule has 0 bridgehead atoms. The molecule has 1 N–H and O–H groups in total. The predicted molar refractivity (Wildman–Crippen MR) is 93.4 cm³/mol. The van der Waals surface area contributed by atoms with Crippen molar-refractivity contribution in [3.05, 3.63) is 36.4 Å². The van der Waals surface area contributed by atoms with Gasteiger partial charge in [0.15, 0.2) is 5.69 Å². The second-order valence-corrected chi connectivity index (χ2v) is 6.56. The minimum absolute atomic E-state index is 0.162. The largest absolute Gasteiger partial charge is 0.487 e. The van der Waals surface area contributed by atoms with E-state index in [4.69, 9.17) is 4.74 Å². The summed E-state index contributed by atoms with van der Waals surface area (Å²) in [6.45, 7) is 2.29. The van der Waals surface area contributed by atoms with Crippen LogP contribution in [0.2, 0.25) is 0 Å². The molecule has 0 spiro atoms. The summed E-state index contributed by atoms with van der Waals surface area (Å²) >= 11 is 0. The molecule has 2 aromatic rings. The molecule has 1 aliphatic rings. The summed E-state index contributed by atoms with van der Waals surface area (Å²) in [5.41, 5.74) is 0.359. The first-order chi connectivity index (χ1) is 12.2. The van der Waals surface area contributed by atoms with Crippen LogP contribution in [0.3, 0.4) is 0 Å². The Labute approximate surface area is 147 Å². The zero-order valence-electron chi connectivity index (χ0n) is 14.6. The SMILES string of the molecule is C[C@H](CNC(=O)c1cn(C2CCCCCC2)nn1)Oc1cccnc1. The first kappa shape index (κ1) is 17.4. The van der Waals surface area contributed by atoms with Gasteiger partial charge >= 0.3 is 0 Å². The molecule has 25 heavy (non-hydrogen) atoms. The number of hydrogen-bond acceptors (Lipinski definition) is 5. The van der Waals surface area contributed by atoms with Gasteiger partial charge in [-0.3, -0.25) is 9.78 Å². The summed E-state index contributed by atoms with van der Waals surface area (Å²) in [6.07, 6.45) is 12.2. The summed E-state index contributed by atoms with van der Waals surface area (Å²) in [5.74, 6) is 0.463. The number of carbonyl (C=O) groups excluding carboxylic acids is 1. The Kier molecular flexibility index (Phi) is 5.98. The highest BCUT2D eigenvalue weighted by Crippen LogP contribution is 2.26. The average molecular weight is 343 g/mol. The molecule has 0 unspecified atom stereocenters. The molecular weight excluding hydrogens is 318 g/mol. The number of amides is 1. The first-order valence-corrected chi connectivity index (χ1v) is 8.99. The van der Waals surface area contributed by atoms with Crippen LogP contribution in [-0.2, 0) is 0 Å². The molecule has 0 radical (unpaired) electrons. The fourth-order valence-electron chi connectivity index (χ4n) is 3.10. The maximum absolute atomic E-state index is 12.3. The zero-order valence-corrected chi connectivity index (χ0v) is 14.6. The van der Waals surface area contributed by atoms with Crippen molar-refractivity contribution in [1.82, 2.24) is 25.3 Å². The van der Waals surface area contributed by atoms with Crippen LogP contribution < -0.4 is 10.1 Å². The number of aromatic nitrogens is 4. The smallest absolute Gasteiger partial charge is 0.273 e. The summed E-state index contributed by atoms with van der Waals surface area (Å²) in [7, 11) is 0. The number of ether oxygens (including phenoxy) is 1. The van der Waals surface area contributed by atoms with Crippen LogP contribution in [-0.4, -0.2) is 38.5 Å². The summed E-state index contributed by atoms with van der Waals surface area (Å²) in [5, 5.41) is 11.0. The van der Waals surface area contributed by atoms with E-state index in [-0.39, 0.29) is 12.0 Å². The first-order valence-electron chi connectivity index (χ1n) is 8.99. The van der Waals surface area contributed by atoms with Crippen LogP contribution in [0.5, 0.6) is 5.75 Å². The summed E-state index contributed by atoms with van der Waals surface area (Å²) in [6, 6.07) is 4.01. The normalized spacial score (nSPS) is 16.8. The minimum Gasteiger partial charge on any atom is -0.487 e. The average Bonchev–Trinajstić information content (AvgIpc) is 2.96. The quantitative estimate of drug-likeness (QED) is 0.816. The van der Waals surface area contributed by atoms with Gasteiger partial charge in [0.1, 0.15) is 11.9 Å². The monoisotopic (exact) mass is 343 g/mol. The van der Waals surface area contributed by atoms with E-state index in [0.717, 1.165) is 12.8 Å². The van der Waals surface area contributed by atoms with Crippen molar-refractivity contribution in [3.63, 3.8) is 0 Å². The Morgan fingerprint density at radius 1 is 1.36 bits per heavy atom. The molecule has 1 saturated carbocycles. The Balaban J connectivity index is 1.49. The fourth-order valence-corrected chi connectivity index (χ4v) is 3.10. The van der Waals surface area contributed by atoms with Gasteiger partial charge < -0.3 is 10.1 Å². The summed E-state index contributed by atoms with van der Waals surface area (Å²) < 4.78 is 7.55. The van der Waals surface area contributed by atoms with E-state index < -0.39 is 0 Å². The highest BCUT2D eigenvalue weighted by atomic mass is 16.5. The maximum Gasteiger partial charge on any atom is 0.273 e. The van der Waals surface area contributed by atoms with Crippen LogP contribution in [0.15, 0.2) is 30.7 Å². The van der Waals surface area contributed by atoms with Gasteiger partial charge in [0.05, 0.1) is 25.0 Å². The number of nitrogens with one attached hydrogen (secondary N) is 1. The molecular formula is C18H25N5O2. The molecule has 2 heterocycles. The molecule has 0 aromatic carbocycles. The van der Waals surface area contributed by atoms with E-state index in [2.05, 4.69) is 20.6 Å². The molecule has 3 rings (SSSR count).